The number of para-hydroxylation sites is 1. The second kappa shape index (κ2) is 11.4. The van der Waals surface area contributed by atoms with Crippen LogP contribution in [0.4, 0.5) is 5.69 Å². The van der Waals surface area contributed by atoms with Gasteiger partial charge in [0.15, 0.2) is 0 Å². The summed E-state index contributed by atoms with van der Waals surface area (Å²) in [6.07, 6.45) is 2.86. The number of halogens is 2. The summed E-state index contributed by atoms with van der Waals surface area (Å²) in [5, 5.41) is 3.58. The highest BCUT2D eigenvalue weighted by Gasteiger charge is 2.19. The standard InChI is InChI=1S/C24H24Cl2N2O4S/c1-2-3-6-15-27-24(29)20-16-17(25)9-14-22(20)28-33(30,31)19-12-10-18(11-13-19)32-23-8-5-4-7-21(23)26/h4-5,7-14,16,28H,2-3,6,15H2,1H3,(H,27,29). The van der Waals surface area contributed by atoms with Crippen molar-refractivity contribution in [3.8, 4) is 11.5 Å². The van der Waals surface area contributed by atoms with E-state index in [9.17, 15) is 13.2 Å². The van der Waals surface area contributed by atoms with Crippen LogP contribution in [0.2, 0.25) is 10.0 Å². The molecule has 3 aromatic rings. The molecule has 1 amide bonds. The zero-order valence-corrected chi connectivity index (χ0v) is 20.3. The van der Waals surface area contributed by atoms with Crippen molar-refractivity contribution in [2.24, 2.45) is 0 Å². The molecule has 0 aliphatic heterocycles. The van der Waals surface area contributed by atoms with E-state index in [0.717, 1.165) is 19.3 Å². The van der Waals surface area contributed by atoms with E-state index in [1.807, 2.05) is 0 Å². The average molecular weight is 507 g/mol. The average Bonchev–Trinajstić information content (AvgIpc) is 2.79. The minimum absolute atomic E-state index is 0.0123. The summed E-state index contributed by atoms with van der Waals surface area (Å²) >= 11 is 12.1. The number of ether oxygens (including phenoxy) is 1. The Balaban J connectivity index is 1.76. The number of anilines is 1. The lowest BCUT2D eigenvalue weighted by molar-refractivity contribution is 0.0954. The number of amides is 1. The van der Waals surface area contributed by atoms with Crippen LogP contribution in [0.1, 0.15) is 36.5 Å². The van der Waals surface area contributed by atoms with Crippen LogP contribution in [0.15, 0.2) is 71.6 Å². The fraction of sp³-hybridized carbons (Fsp3) is 0.208. The first kappa shape index (κ1) is 24.9. The van der Waals surface area contributed by atoms with E-state index < -0.39 is 15.9 Å². The third-order valence-electron chi connectivity index (χ3n) is 4.73. The molecule has 0 aliphatic carbocycles. The number of nitrogens with one attached hydrogen (secondary N) is 2. The Labute approximate surface area is 203 Å². The SMILES string of the molecule is CCCCCNC(=O)c1cc(Cl)ccc1NS(=O)(=O)c1ccc(Oc2ccccc2Cl)cc1. The van der Waals surface area contributed by atoms with Gasteiger partial charge >= 0.3 is 0 Å². The number of rotatable bonds is 10. The van der Waals surface area contributed by atoms with Gasteiger partial charge in [-0.05, 0) is 61.0 Å². The summed E-state index contributed by atoms with van der Waals surface area (Å²) in [6, 6.07) is 17.3. The van der Waals surface area contributed by atoms with Gasteiger partial charge in [-0.25, -0.2) is 8.42 Å². The van der Waals surface area contributed by atoms with Gasteiger partial charge in [0.05, 0.1) is 21.2 Å². The highest BCUT2D eigenvalue weighted by Crippen LogP contribution is 2.30. The van der Waals surface area contributed by atoms with E-state index in [2.05, 4.69) is 17.0 Å². The molecule has 0 heterocycles. The maximum absolute atomic E-state index is 12.9. The number of unbranched alkanes of at least 4 members (excludes halogenated alkanes) is 2. The lowest BCUT2D eigenvalue weighted by Crippen LogP contribution is -2.26. The highest BCUT2D eigenvalue weighted by molar-refractivity contribution is 7.92. The Morgan fingerprint density at radius 3 is 2.39 bits per heavy atom. The second-order valence-electron chi connectivity index (χ2n) is 7.26. The molecule has 0 aromatic heterocycles. The van der Waals surface area contributed by atoms with E-state index in [1.54, 1.807) is 24.3 Å². The molecule has 0 radical (unpaired) electrons. The van der Waals surface area contributed by atoms with E-state index >= 15 is 0 Å². The van der Waals surface area contributed by atoms with Gasteiger partial charge in [0.1, 0.15) is 11.5 Å². The fourth-order valence-electron chi connectivity index (χ4n) is 3.01. The summed E-state index contributed by atoms with van der Waals surface area (Å²) in [5.74, 6) is 0.499. The number of benzene rings is 3. The first-order chi connectivity index (χ1) is 15.8. The lowest BCUT2D eigenvalue weighted by atomic mass is 10.1. The number of hydrogen-bond acceptors (Lipinski definition) is 4. The monoisotopic (exact) mass is 506 g/mol. The first-order valence-corrected chi connectivity index (χ1v) is 12.7. The Hall–Kier alpha value is -2.74. The number of sulfonamides is 1. The summed E-state index contributed by atoms with van der Waals surface area (Å²) < 4.78 is 34.1. The summed E-state index contributed by atoms with van der Waals surface area (Å²) in [4.78, 5) is 12.6. The largest absolute Gasteiger partial charge is 0.456 e. The molecule has 0 saturated carbocycles. The normalized spacial score (nSPS) is 11.1. The van der Waals surface area contributed by atoms with Crippen LogP contribution in [0.5, 0.6) is 11.5 Å². The molecule has 0 saturated heterocycles. The molecule has 6 nitrogen and oxygen atoms in total. The fourth-order valence-corrected chi connectivity index (χ4v) is 4.44. The van der Waals surface area contributed by atoms with Gasteiger partial charge < -0.3 is 10.1 Å². The minimum Gasteiger partial charge on any atom is -0.456 e. The van der Waals surface area contributed by atoms with E-state index in [1.165, 1.54) is 42.5 Å². The number of hydrogen-bond donors (Lipinski definition) is 2. The van der Waals surface area contributed by atoms with E-state index in [-0.39, 0.29) is 16.1 Å². The molecule has 0 fully saturated rings. The van der Waals surface area contributed by atoms with Gasteiger partial charge in [-0.2, -0.15) is 0 Å². The smallest absolute Gasteiger partial charge is 0.261 e. The van der Waals surface area contributed by atoms with Gasteiger partial charge in [0.25, 0.3) is 15.9 Å². The van der Waals surface area contributed by atoms with Crippen LogP contribution < -0.4 is 14.8 Å². The van der Waals surface area contributed by atoms with Gasteiger partial charge in [-0.3, -0.25) is 9.52 Å². The van der Waals surface area contributed by atoms with Crippen LogP contribution in [0.3, 0.4) is 0 Å². The predicted molar refractivity (Wildman–Crippen MR) is 132 cm³/mol. The van der Waals surface area contributed by atoms with Crippen LogP contribution in [-0.4, -0.2) is 20.9 Å². The van der Waals surface area contributed by atoms with Crippen molar-refractivity contribution >= 4 is 44.8 Å². The topological polar surface area (TPSA) is 84.5 Å². The van der Waals surface area contributed by atoms with Crippen molar-refractivity contribution < 1.29 is 17.9 Å². The Kier molecular flexibility index (Phi) is 8.61. The Morgan fingerprint density at radius 2 is 1.70 bits per heavy atom. The van der Waals surface area contributed by atoms with Crippen LogP contribution in [-0.2, 0) is 10.0 Å². The molecule has 33 heavy (non-hydrogen) atoms. The third kappa shape index (κ3) is 6.87. The zero-order chi connectivity index (χ0) is 23.8. The van der Waals surface area contributed by atoms with Crippen molar-refractivity contribution in [3.63, 3.8) is 0 Å². The quantitative estimate of drug-likeness (QED) is 0.307. The minimum atomic E-state index is -3.96. The summed E-state index contributed by atoms with van der Waals surface area (Å²) in [5.41, 5.74) is 0.296. The molecule has 3 rings (SSSR count). The molecule has 0 bridgehead atoms. The van der Waals surface area contributed by atoms with Gasteiger partial charge in [-0.15, -0.1) is 0 Å². The third-order valence-corrected chi connectivity index (χ3v) is 6.66. The molecule has 3 aromatic carbocycles. The first-order valence-electron chi connectivity index (χ1n) is 10.4. The lowest BCUT2D eigenvalue weighted by Gasteiger charge is -2.14. The molecule has 0 spiro atoms. The number of carbonyl (C=O) groups is 1. The molecule has 0 aliphatic rings. The molecule has 2 N–H and O–H groups in total. The van der Waals surface area contributed by atoms with Crippen LogP contribution in [0.25, 0.3) is 0 Å². The van der Waals surface area contributed by atoms with Crippen molar-refractivity contribution in [2.45, 2.75) is 31.1 Å². The van der Waals surface area contributed by atoms with Crippen molar-refractivity contribution in [2.75, 3.05) is 11.3 Å². The highest BCUT2D eigenvalue weighted by atomic mass is 35.5. The maximum Gasteiger partial charge on any atom is 0.261 e. The van der Waals surface area contributed by atoms with Gasteiger partial charge in [-0.1, -0.05) is 55.1 Å². The maximum atomic E-state index is 12.9. The zero-order valence-electron chi connectivity index (χ0n) is 18.0. The Morgan fingerprint density at radius 1 is 0.970 bits per heavy atom. The Bertz CT molecular complexity index is 1220. The van der Waals surface area contributed by atoms with Gasteiger partial charge in [0, 0.05) is 11.6 Å². The predicted octanol–water partition coefficient (Wildman–Crippen LogP) is 6.51. The summed E-state index contributed by atoms with van der Waals surface area (Å²) in [6.45, 7) is 2.57. The molecule has 174 valence electrons. The van der Waals surface area contributed by atoms with E-state index in [0.29, 0.717) is 28.1 Å². The molecular weight excluding hydrogens is 483 g/mol. The van der Waals surface area contributed by atoms with E-state index in [4.69, 9.17) is 27.9 Å². The molecular formula is C24H24Cl2N2O4S. The molecule has 0 unspecified atom stereocenters. The molecule has 0 atom stereocenters. The van der Waals surface area contributed by atoms with Crippen molar-refractivity contribution in [1.29, 1.82) is 0 Å². The van der Waals surface area contributed by atoms with Crippen LogP contribution >= 0.6 is 23.2 Å². The van der Waals surface area contributed by atoms with Gasteiger partial charge in [0.2, 0.25) is 0 Å². The second-order valence-corrected chi connectivity index (χ2v) is 9.79. The van der Waals surface area contributed by atoms with Crippen molar-refractivity contribution in [3.05, 3.63) is 82.3 Å². The summed E-state index contributed by atoms with van der Waals surface area (Å²) in [7, 11) is -3.96. The number of carbonyl (C=O) groups excluding carboxylic acids is 1. The van der Waals surface area contributed by atoms with Crippen molar-refractivity contribution in [1.82, 2.24) is 5.32 Å². The molecule has 9 heteroatoms. The van der Waals surface area contributed by atoms with Crippen LogP contribution in [0, 0.1) is 0 Å².